The van der Waals surface area contributed by atoms with Crippen LogP contribution in [0.1, 0.15) is 5.56 Å². The zero-order valence-corrected chi connectivity index (χ0v) is 10.9. The molecule has 18 heavy (non-hydrogen) atoms. The van der Waals surface area contributed by atoms with Crippen molar-refractivity contribution in [3.05, 3.63) is 35.0 Å². The summed E-state index contributed by atoms with van der Waals surface area (Å²) in [5, 5.41) is 4.61. The topological polar surface area (TPSA) is 54.1 Å². The van der Waals surface area contributed by atoms with E-state index in [-0.39, 0.29) is 12.5 Å². The van der Waals surface area contributed by atoms with Crippen LogP contribution >= 0.6 is 11.6 Å². The maximum atomic E-state index is 11.2. The van der Waals surface area contributed by atoms with Gasteiger partial charge < -0.3 is 15.0 Å². The van der Waals surface area contributed by atoms with E-state index in [1.807, 2.05) is 24.4 Å². The first kappa shape index (κ1) is 12.9. The summed E-state index contributed by atoms with van der Waals surface area (Å²) in [5.41, 5.74) is 2.20. The number of methoxy groups -OCH3 is 1. The molecule has 4 nitrogen and oxygen atoms in total. The lowest BCUT2D eigenvalue weighted by Crippen LogP contribution is -2.28. The molecule has 1 heterocycles. The lowest BCUT2D eigenvalue weighted by molar-refractivity contribution is -0.124. The number of aromatic nitrogens is 1. The van der Waals surface area contributed by atoms with Gasteiger partial charge in [-0.25, -0.2) is 0 Å². The van der Waals surface area contributed by atoms with Crippen LogP contribution in [0.25, 0.3) is 10.9 Å². The molecule has 96 valence electrons. The first-order valence-electron chi connectivity index (χ1n) is 5.72. The Balaban J connectivity index is 1.99. The number of carbonyl (C=O) groups is 1. The minimum absolute atomic E-state index is 0.0969. The summed E-state index contributed by atoms with van der Waals surface area (Å²) >= 11 is 5.97. The Hall–Kier alpha value is -1.52. The smallest absolute Gasteiger partial charge is 0.245 e. The molecule has 5 heteroatoms. The lowest BCUT2D eigenvalue weighted by atomic mass is 10.1. The third-order valence-corrected chi connectivity index (χ3v) is 2.96. The first-order valence-corrected chi connectivity index (χ1v) is 6.09. The van der Waals surface area contributed by atoms with Crippen LogP contribution in [0.15, 0.2) is 24.4 Å². The van der Waals surface area contributed by atoms with Crippen LogP contribution in [0.5, 0.6) is 0 Å². The highest BCUT2D eigenvalue weighted by atomic mass is 35.5. The summed E-state index contributed by atoms with van der Waals surface area (Å²) in [6.45, 7) is 0.682. The molecule has 0 atom stereocenters. The van der Waals surface area contributed by atoms with Gasteiger partial charge in [0.1, 0.15) is 6.61 Å². The van der Waals surface area contributed by atoms with E-state index in [0.717, 1.165) is 22.9 Å². The standard InChI is InChI=1S/C13H15ClN2O2/c1-18-8-13(17)15-5-4-9-7-16-12-3-2-10(14)6-11(9)12/h2-3,6-7,16H,4-5,8H2,1H3,(H,15,17). The molecule has 0 aliphatic heterocycles. The van der Waals surface area contributed by atoms with E-state index in [0.29, 0.717) is 11.6 Å². The van der Waals surface area contributed by atoms with Gasteiger partial charge in [-0.2, -0.15) is 0 Å². The number of amides is 1. The quantitative estimate of drug-likeness (QED) is 0.871. The van der Waals surface area contributed by atoms with Gasteiger partial charge in [-0.05, 0) is 30.2 Å². The van der Waals surface area contributed by atoms with E-state index >= 15 is 0 Å². The molecular weight excluding hydrogens is 252 g/mol. The number of hydrogen-bond donors (Lipinski definition) is 2. The number of fused-ring (bicyclic) bond motifs is 1. The summed E-state index contributed by atoms with van der Waals surface area (Å²) in [5.74, 6) is -0.102. The highest BCUT2D eigenvalue weighted by Crippen LogP contribution is 2.22. The maximum Gasteiger partial charge on any atom is 0.245 e. The number of benzene rings is 1. The van der Waals surface area contributed by atoms with Crippen molar-refractivity contribution >= 4 is 28.4 Å². The van der Waals surface area contributed by atoms with Crippen LogP contribution in [-0.2, 0) is 16.0 Å². The summed E-state index contributed by atoms with van der Waals surface area (Å²) < 4.78 is 4.74. The van der Waals surface area contributed by atoms with Gasteiger partial charge in [0.15, 0.2) is 0 Å². The van der Waals surface area contributed by atoms with Crippen molar-refractivity contribution in [2.24, 2.45) is 0 Å². The van der Waals surface area contributed by atoms with E-state index in [9.17, 15) is 4.79 Å². The number of halogens is 1. The summed E-state index contributed by atoms with van der Waals surface area (Å²) in [6, 6.07) is 5.73. The highest BCUT2D eigenvalue weighted by Gasteiger charge is 2.05. The summed E-state index contributed by atoms with van der Waals surface area (Å²) in [6.07, 6.45) is 2.71. The molecule has 0 radical (unpaired) electrons. The van der Waals surface area contributed by atoms with E-state index in [4.69, 9.17) is 16.3 Å². The second-order valence-electron chi connectivity index (χ2n) is 4.04. The number of carbonyl (C=O) groups excluding carboxylic acids is 1. The molecule has 0 saturated carbocycles. The molecule has 0 aliphatic carbocycles. The third kappa shape index (κ3) is 3.03. The SMILES string of the molecule is COCC(=O)NCCc1c[nH]c2ccc(Cl)cc12. The average Bonchev–Trinajstić information content (AvgIpc) is 2.72. The number of nitrogens with one attached hydrogen (secondary N) is 2. The molecule has 2 rings (SSSR count). The van der Waals surface area contributed by atoms with Gasteiger partial charge in [-0.1, -0.05) is 11.6 Å². The fourth-order valence-corrected chi connectivity index (χ4v) is 2.05. The van der Waals surface area contributed by atoms with E-state index in [1.54, 1.807) is 0 Å². The Kier molecular flexibility index (Phi) is 4.23. The molecule has 0 saturated heterocycles. The highest BCUT2D eigenvalue weighted by molar-refractivity contribution is 6.31. The van der Waals surface area contributed by atoms with E-state index in [1.165, 1.54) is 7.11 Å². The average molecular weight is 267 g/mol. The second kappa shape index (κ2) is 5.89. The molecule has 0 aliphatic rings. The first-order chi connectivity index (χ1) is 8.70. The minimum Gasteiger partial charge on any atom is -0.375 e. The van der Waals surface area contributed by atoms with Gasteiger partial charge in [-0.15, -0.1) is 0 Å². The largest absolute Gasteiger partial charge is 0.375 e. The number of aromatic amines is 1. The van der Waals surface area contributed by atoms with Crippen LogP contribution in [-0.4, -0.2) is 31.2 Å². The van der Waals surface area contributed by atoms with Crippen molar-refractivity contribution in [2.45, 2.75) is 6.42 Å². The zero-order chi connectivity index (χ0) is 13.0. The Morgan fingerprint density at radius 2 is 2.33 bits per heavy atom. The summed E-state index contributed by atoms with van der Waals surface area (Å²) in [4.78, 5) is 14.4. The normalized spacial score (nSPS) is 10.8. The molecule has 1 aromatic heterocycles. The molecule has 0 bridgehead atoms. The molecule has 1 aromatic carbocycles. The Morgan fingerprint density at radius 1 is 1.50 bits per heavy atom. The molecule has 0 fully saturated rings. The summed E-state index contributed by atoms with van der Waals surface area (Å²) in [7, 11) is 1.50. The predicted octanol–water partition coefficient (Wildman–Crippen LogP) is 2.13. The van der Waals surface area contributed by atoms with Gasteiger partial charge in [0.2, 0.25) is 5.91 Å². The van der Waals surface area contributed by atoms with Crippen LogP contribution in [0, 0.1) is 0 Å². The monoisotopic (exact) mass is 266 g/mol. The van der Waals surface area contributed by atoms with Crippen molar-refractivity contribution in [3.8, 4) is 0 Å². The number of ether oxygens (including phenoxy) is 1. The Bertz CT molecular complexity index is 551. The van der Waals surface area contributed by atoms with Crippen molar-refractivity contribution in [2.75, 3.05) is 20.3 Å². The number of hydrogen-bond acceptors (Lipinski definition) is 2. The zero-order valence-electron chi connectivity index (χ0n) is 10.1. The Labute approximate surface area is 110 Å². The fraction of sp³-hybridized carbons (Fsp3) is 0.308. The van der Waals surface area contributed by atoms with E-state index in [2.05, 4.69) is 10.3 Å². The van der Waals surface area contributed by atoms with Crippen molar-refractivity contribution < 1.29 is 9.53 Å². The third-order valence-electron chi connectivity index (χ3n) is 2.72. The lowest BCUT2D eigenvalue weighted by Gasteiger charge is -2.03. The Morgan fingerprint density at radius 3 is 3.11 bits per heavy atom. The van der Waals surface area contributed by atoms with Gasteiger partial charge in [0.25, 0.3) is 0 Å². The van der Waals surface area contributed by atoms with Crippen LogP contribution in [0.4, 0.5) is 0 Å². The molecular formula is C13H15ClN2O2. The second-order valence-corrected chi connectivity index (χ2v) is 4.47. The minimum atomic E-state index is -0.102. The van der Waals surface area contributed by atoms with Crippen LogP contribution in [0.2, 0.25) is 5.02 Å². The van der Waals surface area contributed by atoms with Crippen LogP contribution < -0.4 is 5.32 Å². The van der Waals surface area contributed by atoms with Gasteiger partial charge in [0, 0.05) is 35.8 Å². The molecule has 0 unspecified atom stereocenters. The molecule has 1 amide bonds. The maximum absolute atomic E-state index is 11.2. The molecule has 0 spiro atoms. The van der Waals surface area contributed by atoms with Crippen molar-refractivity contribution in [3.63, 3.8) is 0 Å². The predicted molar refractivity (Wildman–Crippen MR) is 71.9 cm³/mol. The van der Waals surface area contributed by atoms with Gasteiger partial charge >= 0.3 is 0 Å². The van der Waals surface area contributed by atoms with E-state index < -0.39 is 0 Å². The number of rotatable bonds is 5. The van der Waals surface area contributed by atoms with Crippen molar-refractivity contribution in [1.82, 2.24) is 10.3 Å². The molecule has 2 N–H and O–H groups in total. The van der Waals surface area contributed by atoms with Gasteiger partial charge in [0.05, 0.1) is 0 Å². The van der Waals surface area contributed by atoms with Gasteiger partial charge in [-0.3, -0.25) is 4.79 Å². The fourth-order valence-electron chi connectivity index (χ4n) is 1.88. The van der Waals surface area contributed by atoms with Crippen molar-refractivity contribution in [1.29, 1.82) is 0 Å². The molecule has 2 aromatic rings. The van der Waals surface area contributed by atoms with Crippen LogP contribution in [0.3, 0.4) is 0 Å². The number of H-pyrrole nitrogens is 1.